The number of hydrogen-bond acceptors (Lipinski definition) is 6. The molecule has 2 aromatic heterocycles. The zero-order valence-corrected chi connectivity index (χ0v) is 19.7. The summed E-state index contributed by atoms with van der Waals surface area (Å²) in [6.07, 6.45) is 2.25. The molecule has 0 saturated heterocycles. The van der Waals surface area contributed by atoms with Crippen molar-refractivity contribution in [1.82, 2.24) is 19.4 Å². The Labute approximate surface area is 201 Å². The third-order valence-corrected chi connectivity index (χ3v) is 6.04. The van der Waals surface area contributed by atoms with Gasteiger partial charge in [-0.25, -0.2) is 0 Å². The minimum Gasteiger partial charge on any atom is -0.436 e. The molecule has 0 N–H and O–H groups in total. The molecular weight excluding hydrogens is 473 g/mol. The SMILES string of the molecule is C[C@]1(CN2CCc3nc(-c4cc(Cl)cc(Cl)c4)ccc3C2)Cn2cc([N+](=O)[O-])nc2O1.S. The van der Waals surface area contributed by atoms with Gasteiger partial charge in [0.2, 0.25) is 0 Å². The van der Waals surface area contributed by atoms with Crippen molar-refractivity contribution in [3.63, 3.8) is 0 Å². The van der Waals surface area contributed by atoms with Gasteiger partial charge in [-0.05, 0) is 41.7 Å². The molecule has 0 saturated carbocycles. The van der Waals surface area contributed by atoms with E-state index in [-0.39, 0.29) is 19.3 Å². The summed E-state index contributed by atoms with van der Waals surface area (Å²) >= 11 is 12.3. The van der Waals surface area contributed by atoms with E-state index >= 15 is 0 Å². The Morgan fingerprint density at radius 3 is 2.66 bits per heavy atom. The first kappa shape index (κ1) is 22.8. The van der Waals surface area contributed by atoms with Crippen LogP contribution in [0.5, 0.6) is 6.01 Å². The van der Waals surface area contributed by atoms with Crippen molar-refractivity contribution < 1.29 is 9.66 Å². The van der Waals surface area contributed by atoms with Gasteiger partial charge in [-0.2, -0.15) is 13.5 Å². The summed E-state index contributed by atoms with van der Waals surface area (Å²) < 4.78 is 7.69. The Hall–Kier alpha value is -2.33. The molecular formula is C21H21Cl2N5O3S. The molecule has 2 aliphatic rings. The number of aromatic nitrogens is 3. The van der Waals surface area contributed by atoms with Crippen molar-refractivity contribution >= 4 is 42.5 Å². The van der Waals surface area contributed by atoms with E-state index in [9.17, 15) is 10.1 Å². The Balaban J connectivity index is 0.00000245. The maximum Gasteiger partial charge on any atom is 0.415 e. The predicted octanol–water partition coefficient (Wildman–Crippen LogP) is 4.48. The topological polar surface area (TPSA) is 86.3 Å². The second kappa shape index (κ2) is 8.55. The van der Waals surface area contributed by atoms with Crippen molar-refractivity contribution in [1.29, 1.82) is 0 Å². The maximum atomic E-state index is 10.9. The van der Waals surface area contributed by atoms with Crippen LogP contribution in [0.15, 0.2) is 36.5 Å². The monoisotopic (exact) mass is 493 g/mol. The quantitative estimate of drug-likeness (QED) is 0.393. The number of ether oxygens (including phenoxy) is 1. The summed E-state index contributed by atoms with van der Waals surface area (Å²) in [6.45, 7) is 4.84. The van der Waals surface area contributed by atoms with E-state index in [1.54, 1.807) is 10.6 Å². The van der Waals surface area contributed by atoms with Gasteiger partial charge in [-0.3, -0.25) is 14.5 Å². The molecule has 0 unspecified atom stereocenters. The van der Waals surface area contributed by atoms with Gasteiger partial charge in [-0.15, -0.1) is 0 Å². The molecule has 0 bridgehead atoms. The number of imidazole rings is 1. The van der Waals surface area contributed by atoms with Gasteiger partial charge in [0.15, 0.2) is 0 Å². The van der Waals surface area contributed by atoms with Crippen molar-refractivity contribution in [2.75, 3.05) is 13.1 Å². The number of pyridine rings is 1. The Kier molecular flexibility index (Phi) is 6.10. The zero-order valence-electron chi connectivity index (χ0n) is 17.2. The molecule has 2 aliphatic heterocycles. The first-order valence-corrected chi connectivity index (χ1v) is 10.6. The Morgan fingerprint density at radius 2 is 1.97 bits per heavy atom. The average Bonchev–Trinajstić information content (AvgIpc) is 3.22. The van der Waals surface area contributed by atoms with Crippen LogP contribution in [0.2, 0.25) is 10.0 Å². The van der Waals surface area contributed by atoms with Crippen molar-refractivity contribution in [3.05, 3.63) is 67.9 Å². The molecule has 0 fully saturated rings. The minimum absolute atomic E-state index is 0. The summed E-state index contributed by atoms with van der Waals surface area (Å²) in [5.41, 5.74) is 3.52. The smallest absolute Gasteiger partial charge is 0.415 e. The molecule has 32 heavy (non-hydrogen) atoms. The lowest BCUT2D eigenvalue weighted by atomic mass is 10.0. The van der Waals surface area contributed by atoms with E-state index in [2.05, 4.69) is 16.0 Å². The molecule has 0 aliphatic carbocycles. The fraction of sp³-hybridized carbons (Fsp3) is 0.333. The maximum absolute atomic E-state index is 10.9. The standard InChI is InChI=1S/C21H19Cl2N5O3.H2S/c1-21(12-27-10-19(28(29)30)25-20(27)31-21)11-26-5-4-18-13(9-26)2-3-17(24-18)14-6-15(22)8-16(23)7-14;/h2-3,6-8,10H,4-5,9,11-12H2,1H3;1H2/t21-;/m0./s1. The fourth-order valence-corrected chi connectivity index (χ4v) is 4.83. The van der Waals surface area contributed by atoms with E-state index in [0.717, 1.165) is 36.5 Å². The van der Waals surface area contributed by atoms with Gasteiger partial charge in [0, 0.05) is 52.3 Å². The molecule has 0 spiro atoms. The predicted molar refractivity (Wildman–Crippen MR) is 127 cm³/mol. The normalized spacial score (nSPS) is 19.6. The van der Waals surface area contributed by atoms with Crippen LogP contribution in [-0.2, 0) is 19.5 Å². The van der Waals surface area contributed by atoms with Crippen LogP contribution in [0.25, 0.3) is 11.3 Å². The number of benzene rings is 1. The van der Waals surface area contributed by atoms with Gasteiger partial charge in [-0.1, -0.05) is 29.3 Å². The highest BCUT2D eigenvalue weighted by Crippen LogP contribution is 2.33. The summed E-state index contributed by atoms with van der Waals surface area (Å²) in [5.74, 6) is -0.188. The highest BCUT2D eigenvalue weighted by atomic mass is 35.5. The summed E-state index contributed by atoms with van der Waals surface area (Å²) in [6, 6.07) is 9.83. The third-order valence-electron chi connectivity index (χ3n) is 5.60. The number of nitrogens with zero attached hydrogens (tertiary/aromatic N) is 5. The summed E-state index contributed by atoms with van der Waals surface area (Å²) in [5, 5.41) is 12.1. The third kappa shape index (κ3) is 4.43. The summed E-state index contributed by atoms with van der Waals surface area (Å²) in [7, 11) is 0. The van der Waals surface area contributed by atoms with Gasteiger partial charge in [0.1, 0.15) is 11.8 Å². The molecule has 1 aromatic carbocycles. The van der Waals surface area contributed by atoms with E-state index in [0.29, 0.717) is 29.1 Å². The van der Waals surface area contributed by atoms with Gasteiger partial charge in [0.05, 0.1) is 12.2 Å². The number of halogens is 2. The molecule has 0 amide bonds. The highest BCUT2D eigenvalue weighted by molar-refractivity contribution is 7.59. The first-order chi connectivity index (χ1) is 14.8. The number of rotatable bonds is 4. The number of nitro groups is 1. The molecule has 1 atom stereocenters. The molecule has 0 radical (unpaired) electrons. The van der Waals surface area contributed by atoms with Crippen LogP contribution < -0.4 is 4.74 Å². The van der Waals surface area contributed by atoms with Crippen LogP contribution in [-0.4, -0.2) is 43.0 Å². The number of fused-ring (bicyclic) bond motifs is 2. The van der Waals surface area contributed by atoms with Crippen molar-refractivity contribution in [3.8, 4) is 17.3 Å². The van der Waals surface area contributed by atoms with Crippen LogP contribution in [0.1, 0.15) is 18.2 Å². The van der Waals surface area contributed by atoms with Crippen LogP contribution in [0, 0.1) is 10.1 Å². The average molecular weight is 494 g/mol. The van der Waals surface area contributed by atoms with Crippen LogP contribution in [0.4, 0.5) is 5.82 Å². The lowest BCUT2D eigenvalue weighted by Crippen LogP contribution is -2.46. The lowest BCUT2D eigenvalue weighted by molar-refractivity contribution is -0.389. The molecule has 3 aromatic rings. The molecule has 8 nitrogen and oxygen atoms in total. The Morgan fingerprint density at radius 1 is 1.22 bits per heavy atom. The van der Waals surface area contributed by atoms with Gasteiger partial charge >= 0.3 is 11.8 Å². The Bertz CT molecular complexity index is 1160. The van der Waals surface area contributed by atoms with Crippen molar-refractivity contribution in [2.45, 2.75) is 32.0 Å². The van der Waals surface area contributed by atoms with Crippen LogP contribution in [0.3, 0.4) is 0 Å². The van der Waals surface area contributed by atoms with Gasteiger partial charge in [0.25, 0.3) is 0 Å². The second-order valence-electron chi connectivity index (χ2n) is 8.24. The van der Waals surface area contributed by atoms with E-state index in [1.165, 1.54) is 11.8 Å². The molecule has 11 heteroatoms. The van der Waals surface area contributed by atoms with Gasteiger partial charge < -0.3 is 14.9 Å². The van der Waals surface area contributed by atoms with E-state index < -0.39 is 10.5 Å². The first-order valence-electron chi connectivity index (χ1n) is 9.86. The molecule has 168 valence electrons. The van der Waals surface area contributed by atoms with E-state index in [4.69, 9.17) is 32.9 Å². The summed E-state index contributed by atoms with van der Waals surface area (Å²) in [4.78, 5) is 21.5. The second-order valence-corrected chi connectivity index (χ2v) is 9.11. The van der Waals surface area contributed by atoms with Crippen molar-refractivity contribution in [2.24, 2.45) is 0 Å². The zero-order chi connectivity index (χ0) is 21.8. The molecule has 4 heterocycles. The number of hydrogen-bond donors (Lipinski definition) is 0. The lowest BCUT2D eigenvalue weighted by Gasteiger charge is -2.34. The fourth-order valence-electron chi connectivity index (χ4n) is 4.31. The van der Waals surface area contributed by atoms with E-state index in [1.807, 2.05) is 25.1 Å². The highest BCUT2D eigenvalue weighted by Gasteiger charge is 2.41. The minimum atomic E-state index is -0.508. The largest absolute Gasteiger partial charge is 0.436 e. The molecule has 5 rings (SSSR count). The van der Waals surface area contributed by atoms with Crippen LogP contribution >= 0.6 is 36.7 Å².